The highest BCUT2D eigenvalue weighted by Crippen LogP contribution is 2.24. The third kappa shape index (κ3) is 4.56. The highest BCUT2D eigenvalue weighted by Gasteiger charge is 2.22. The summed E-state index contributed by atoms with van der Waals surface area (Å²) in [4.78, 5) is 19.0. The molecule has 140 valence electrons. The lowest BCUT2D eigenvalue weighted by atomic mass is 9.96. The number of para-hydroxylation sites is 1. The van der Waals surface area contributed by atoms with Crippen molar-refractivity contribution in [1.29, 1.82) is 5.26 Å². The number of nitriles is 1. The molecule has 1 amide bonds. The molecule has 1 fully saturated rings. The molecule has 27 heavy (non-hydrogen) atoms. The Labute approximate surface area is 159 Å². The van der Waals surface area contributed by atoms with Crippen LogP contribution in [0.2, 0.25) is 0 Å². The molecule has 0 unspecified atom stereocenters. The van der Waals surface area contributed by atoms with Crippen LogP contribution in [0.3, 0.4) is 0 Å². The number of nitrogens with zero attached hydrogens (tertiary/aromatic N) is 3. The predicted octanol–water partition coefficient (Wildman–Crippen LogP) is 3.00. The normalized spacial score (nSPS) is 14.4. The molecule has 1 N–H and O–H groups in total. The van der Waals surface area contributed by atoms with Crippen LogP contribution >= 0.6 is 0 Å². The minimum atomic E-state index is -0.0991. The fraction of sp³-hybridized carbons (Fsp3) is 0.381. The SMILES string of the molecule is CCOc1ccccc1C(=O)NCC1CCN(c2ncccc2C#N)CC1. The molecule has 2 heterocycles. The Morgan fingerprint density at radius 1 is 1.30 bits per heavy atom. The second-order valence-corrected chi connectivity index (χ2v) is 6.56. The average molecular weight is 364 g/mol. The van der Waals surface area contributed by atoms with Crippen LogP contribution in [0.5, 0.6) is 5.75 Å². The summed E-state index contributed by atoms with van der Waals surface area (Å²) in [6.07, 6.45) is 3.63. The van der Waals surface area contributed by atoms with Crippen LogP contribution < -0.4 is 15.0 Å². The van der Waals surface area contributed by atoms with Crippen LogP contribution in [0.25, 0.3) is 0 Å². The van der Waals surface area contributed by atoms with Crippen LogP contribution in [0.15, 0.2) is 42.6 Å². The molecule has 1 aliphatic rings. The van der Waals surface area contributed by atoms with E-state index in [-0.39, 0.29) is 5.91 Å². The lowest BCUT2D eigenvalue weighted by Gasteiger charge is -2.33. The Bertz CT molecular complexity index is 823. The number of anilines is 1. The van der Waals surface area contributed by atoms with E-state index in [0.29, 0.717) is 35.9 Å². The van der Waals surface area contributed by atoms with Crippen molar-refractivity contribution in [3.63, 3.8) is 0 Å². The molecule has 0 bridgehead atoms. The minimum Gasteiger partial charge on any atom is -0.493 e. The van der Waals surface area contributed by atoms with Crippen LogP contribution in [0, 0.1) is 17.2 Å². The van der Waals surface area contributed by atoms with Gasteiger partial charge in [0.25, 0.3) is 5.91 Å². The second kappa shape index (κ2) is 9.04. The first-order valence-electron chi connectivity index (χ1n) is 9.33. The summed E-state index contributed by atoms with van der Waals surface area (Å²) in [6.45, 7) is 4.74. The Morgan fingerprint density at radius 2 is 2.07 bits per heavy atom. The van der Waals surface area contributed by atoms with Gasteiger partial charge in [-0.15, -0.1) is 0 Å². The van der Waals surface area contributed by atoms with Crippen molar-refractivity contribution in [3.8, 4) is 11.8 Å². The zero-order chi connectivity index (χ0) is 19.1. The first-order valence-corrected chi connectivity index (χ1v) is 9.33. The lowest BCUT2D eigenvalue weighted by Crippen LogP contribution is -2.39. The summed E-state index contributed by atoms with van der Waals surface area (Å²) < 4.78 is 5.53. The van der Waals surface area contributed by atoms with E-state index in [1.807, 2.05) is 25.1 Å². The third-order valence-corrected chi connectivity index (χ3v) is 4.80. The summed E-state index contributed by atoms with van der Waals surface area (Å²) in [6, 6.07) is 13.1. The smallest absolute Gasteiger partial charge is 0.255 e. The Balaban J connectivity index is 1.53. The Kier molecular flexibility index (Phi) is 6.26. The minimum absolute atomic E-state index is 0.0991. The molecule has 6 nitrogen and oxygen atoms in total. The predicted molar refractivity (Wildman–Crippen MR) is 104 cm³/mol. The van der Waals surface area contributed by atoms with Crippen LogP contribution in [0.4, 0.5) is 5.82 Å². The number of carbonyl (C=O) groups is 1. The number of hydrogen-bond donors (Lipinski definition) is 1. The van der Waals surface area contributed by atoms with Crippen LogP contribution in [-0.2, 0) is 0 Å². The van der Waals surface area contributed by atoms with Crippen molar-refractivity contribution in [2.75, 3.05) is 31.1 Å². The number of amides is 1. The van der Waals surface area contributed by atoms with E-state index in [0.717, 1.165) is 31.7 Å². The molecule has 1 saturated heterocycles. The van der Waals surface area contributed by atoms with E-state index >= 15 is 0 Å². The van der Waals surface area contributed by atoms with Gasteiger partial charge in [-0.3, -0.25) is 4.79 Å². The van der Waals surface area contributed by atoms with Gasteiger partial charge in [-0.05, 0) is 49.9 Å². The highest BCUT2D eigenvalue weighted by molar-refractivity contribution is 5.96. The fourth-order valence-electron chi connectivity index (χ4n) is 3.35. The van der Waals surface area contributed by atoms with Gasteiger partial charge in [0.15, 0.2) is 0 Å². The molecular formula is C21H24N4O2. The van der Waals surface area contributed by atoms with E-state index in [9.17, 15) is 10.1 Å². The van der Waals surface area contributed by atoms with Crippen molar-refractivity contribution in [3.05, 3.63) is 53.7 Å². The van der Waals surface area contributed by atoms with Crippen molar-refractivity contribution in [2.24, 2.45) is 5.92 Å². The molecule has 2 aromatic rings. The van der Waals surface area contributed by atoms with Gasteiger partial charge < -0.3 is 15.0 Å². The molecule has 0 aliphatic carbocycles. The van der Waals surface area contributed by atoms with Gasteiger partial charge in [0.1, 0.15) is 17.6 Å². The quantitative estimate of drug-likeness (QED) is 0.852. The number of nitrogens with one attached hydrogen (secondary N) is 1. The summed E-state index contributed by atoms with van der Waals surface area (Å²) in [7, 11) is 0. The monoisotopic (exact) mass is 364 g/mol. The van der Waals surface area contributed by atoms with E-state index in [2.05, 4.69) is 21.3 Å². The van der Waals surface area contributed by atoms with Gasteiger partial charge in [0.2, 0.25) is 0 Å². The fourth-order valence-corrected chi connectivity index (χ4v) is 3.35. The highest BCUT2D eigenvalue weighted by atomic mass is 16.5. The Hall–Kier alpha value is -3.07. The number of rotatable bonds is 6. The summed E-state index contributed by atoms with van der Waals surface area (Å²) in [5.41, 5.74) is 1.18. The number of hydrogen-bond acceptors (Lipinski definition) is 5. The van der Waals surface area contributed by atoms with Gasteiger partial charge in [0, 0.05) is 25.8 Å². The standard InChI is InChI=1S/C21H24N4O2/c1-2-27-19-8-4-3-7-18(19)21(26)24-15-16-9-12-25(13-10-16)20-17(14-22)6-5-11-23-20/h3-8,11,16H,2,9-10,12-13,15H2,1H3,(H,24,26). The van der Waals surface area contributed by atoms with Gasteiger partial charge in [0.05, 0.1) is 17.7 Å². The third-order valence-electron chi connectivity index (χ3n) is 4.80. The number of piperidine rings is 1. The zero-order valence-electron chi connectivity index (χ0n) is 15.5. The average Bonchev–Trinajstić information content (AvgIpc) is 2.73. The zero-order valence-corrected chi connectivity index (χ0v) is 15.5. The molecule has 3 rings (SSSR count). The maximum atomic E-state index is 12.5. The van der Waals surface area contributed by atoms with Crippen molar-refractivity contribution in [2.45, 2.75) is 19.8 Å². The molecule has 0 radical (unpaired) electrons. The first-order chi connectivity index (χ1) is 13.2. The summed E-state index contributed by atoms with van der Waals surface area (Å²) in [5.74, 6) is 1.69. The molecule has 1 aromatic heterocycles. The topological polar surface area (TPSA) is 78.2 Å². The lowest BCUT2D eigenvalue weighted by molar-refractivity contribution is 0.0941. The first kappa shape index (κ1) is 18.7. The number of ether oxygens (including phenoxy) is 1. The number of pyridine rings is 1. The van der Waals surface area contributed by atoms with Crippen LogP contribution in [0.1, 0.15) is 35.7 Å². The largest absolute Gasteiger partial charge is 0.493 e. The number of benzene rings is 1. The second-order valence-electron chi connectivity index (χ2n) is 6.56. The molecule has 1 aromatic carbocycles. The molecular weight excluding hydrogens is 340 g/mol. The van der Waals surface area contributed by atoms with Crippen molar-refractivity contribution in [1.82, 2.24) is 10.3 Å². The van der Waals surface area contributed by atoms with Crippen molar-refractivity contribution >= 4 is 11.7 Å². The number of aromatic nitrogens is 1. The molecule has 0 atom stereocenters. The molecule has 0 spiro atoms. The Morgan fingerprint density at radius 3 is 2.81 bits per heavy atom. The van der Waals surface area contributed by atoms with E-state index in [4.69, 9.17) is 4.74 Å². The van der Waals surface area contributed by atoms with Gasteiger partial charge in [-0.25, -0.2) is 4.98 Å². The van der Waals surface area contributed by atoms with E-state index in [1.54, 1.807) is 24.4 Å². The molecule has 6 heteroatoms. The summed E-state index contributed by atoms with van der Waals surface area (Å²) >= 11 is 0. The number of carbonyl (C=O) groups excluding carboxylic acids is 1. The molecule has 0 saturated carbocycles. The van der Waals surface area contributed by atoms with E-state index in [1.165, 1.54) is 0 Å². The van der Waals surface area contributed by atoms with Gasteiger partial charge in [-0.2, -0.15) is 5.26 Å². The summed E-state index contributed by atoms with van der Waals surface area (Å²) in [5, 5.41) is 12.3. The maximum Gasteiger partial charge on any atom is 0.255 e. The maximum absolute atomic E-state index is 12.5. The van der Waals surface area contributed by atoms with Gasteiger partial charge >= 0.3 is 0 Å². The molecule has 1 aliphatic heterocycles. The van der Waals surface area contributed by atoms with Gasteiger partial charge in [-0.1, -0.05) is 12.1 Å². The van der Waals surface area contributed by atoms with E-state index < -0.39 is 0 Å². The van der Waals surface area contributed by atoms with Crippen LogP contribution in [-0.4, -0.2) is 37.1 Å². The van der Waals surface area contributed by atoms with Crippen molar-refractivity contribution < 1.29 is 9.53 Å².